The van der Waals surface area contributed by atoms with Crippen LogP contribution in [0.1, 0.15) is 21.7 Å². The van der Waals surface area contributed by atoms with Gasteiger partial charge in [0.05, 0.1) is 0 Å². The van der Waals surface area contributed by atoms with Gasteiger partial charge in [0.25, 0.3) is 5.91 Å². The van der Waals surface area contributed by atoms with Crippen molar-refractivity contribution in [2.24, 2.45) is 0 Å². The fraction of sp³-hybridized carbons (Fsp3) is 0.158. The first-order chi connectivity index (χ1) is 13.6. The molecule has 1 heterocycles. The van der Waals surface area contributed by atoms with Crippen molar-refractivity contribution in [3.05, 3.63) is 71.5 Å². The van der Waals surface area contributed by atoms with Crippen molar-refractivity contribution in [1.82, 2.24) is 20.2 Å². The van der Waals surface area contributed by atoms with Crippen LogP contribution in [0, 0.1) is 6.92 Å². The molecule has 2 N–H and O–H groups in total. The normalized spacial score (nSPS) is 10.4. The Morgan fingerprint density at radius 3 is 2.54 bits per heavy atom. The number of ether oxygens (including phenoxy) is 1. The molecule has 0 bridgehead atoms. The minimum atomic E-state index is -0.316. The Labute approximate surface area is 172 Å². The number of carbonyl (C=O) groups is 1. The quantitative estimate of drug-likeness (QED) is 0.475. The lowest BCUT2D eigenvalue weighted by Gasteiger charge is -2.12. The predicted octanol–water partition coefficient (Wildman–Crippen LogP) is 3.15. The van der Waals surface area contributed by atoms with E-state index in [4.69, 9.17) is 17.0 Å². The van der Waals surface area contributed by atoms with Gasteiger partial charge in [-0.25, -0.2) is 4.68 Å². The van der Waals surface area contributed by atoms with Gasteiger partial charge in [-0.2, -0.15) is 0 Å². The highest BCUT2D eigenvalue weighted by molar-refractivity contribution is 7.98. The molecule has 3 rings (SSSR count). The van der Waals surface area contributed by atoms with E-state index in [1.54, 1.807) is 35.9 Å². The van der Waals surface area contributed by atoms with Gasteiger partial charge in [-0.1, -0.05) is 42.1 Å². The van der Waals surface area contributed by atoms with Crippen molar-refractivity contribution in [3.8, 4) is 5.75 Å². The van der Waals surface area contributed by atoms with Crippen molar-refractivity contribution >= 4 is 35.0 Å². The van der Waals surface area contributed by atoms with Gasteiger partial charge in [0, 0.05) is 5.56 Å². The van der Waals surface area contributed by atoms with Crippen LogP contribution in [-0.4, -0.2) is 32.1 Å². The average Bonchev–Trinajstić information content (AvgIpc) is 3.07. The van der Waals surface area contributed by atoms with Crippen molar-refractivity contribution in [2.75, 3.05) is 11.7 Å². The van der Waals surface area contributed by atoms with E-state index in [0.29, 0.717) is 28.9 Å². The van der Waals surface area contributed by atoms with Gasteiger partial charge in [-0.05, 0) is 55.2 Å². The van der Waals surface area contributed by atoms with Crippen LogP contribution in [0.5, 0.6) is 5.75 Å². The van der Waals surface area contributed by atoms with Crippen LogP contribution in [-0.2, 0) is 6.61 Å². The smallest absolute Gasteiger partial charge is 0.257 e. The number of thiocarbonyl (C=S) groups is 1. The molecule has 0 fully saturated rings. The second-order valence-electron chi connectivity index (χ2n) is 5.76. The first kappa shape index (κ1) is 19.8. The van der Waals surface area contributed by atoms with Crippen LogP contribution >= 0.6 is 24.0 Å². The van der Waals surface area contributed by atoms with E-state index in [0.717, 1.165) is 5.56 Å². The average molecular weight is 414 g/mol. The first-order valence-corrected chi connectivity index (χ1v) is 10.1. The number of hydrogen-bond donors (Lipinski definition) is 2. The highest BCUT2D eigenvalue weighted by atomic mass is 32.2. The summed E-state index contributed by atoms with van der Waals surface area (Å²) in [4.78, 5) is 12.4. The third kappa shape index (κ3) is 5.08. The van der Waals surface area contributed by atoms with Crippen LogP contribution in [0.4, 0.5) is 0 Å². The van der Waals surface area contributed by atoms with Crippen LogP contribution < -0.4 is 15.5 Å². The molecule has 0 saturated heterocycles. The summed E-state index contributed by atoms with van der Waals surface area (Å²) in [6, 6.07) is 16.8. The number of aromatic nitrogens is 3. The molecule has 0 aliphatic carbocycles. The molecule has 7 nitrogen and oxygen atoms in total. The van der Waals surface area contributed by atoms with E-state index in [-0.39, 0.29) is 11.0 Å². The molecule has 0 unspecified atom stereocenters. The summed E-state index contributed by atoms with van der Waals surface area (Å²) in [5.74, 6) is 1.01. The minimum absolute atomic E-state index is 0.160. The van der Waals surface area contributed by atoms with Gasteiger partial charge in [0.1, 0.15) is 18.2 Å². The zero-order valence-electron chi connectivity index (χ0n) is 15.4. The second kappa shape index (κ2) is 9.34. The van der Waals surface area contributed by atoms with Gasteiger partial charge < -0.3 is 4.74 Å². The summed E-state index contributed by atoms with van der Waals surface area (Å²) in [5, 5.41) is 11.4. The third-order valence-electron chi connectivity index (χ3n) is 3.78. The van der Waals surface area contributed by atoms with Gasteiger partial charge in [0.15, 0.2) is 5.11 Å². The molecule has 0 atom stereocenters. The summed E-state index contributed by atoms with van der Waals surface area (Å²) >= 11 is 6.63. The molecule has 1 aromatic heterocycles. The summed E-state index contributed by atoms with van der Waals surface area (Å²) < 4.78 is 7.35. The van der Waals surface area contributed by atoms with Gasteiger partial charge >= 0.3 is 0 Å². The highest BCUT2D eigenvalue weighted by Gasteiger charge is 2.12. The maximum absolute atomic E-state index is 12.4. The Bertz CT molecular complexity index is 958. The van der Waals surface area contributed by atoms with E-state index < -0.39 is 0 Å². The third-order valence-corrected chi connectivity index (χ3v) is 4.61. The molecule has 0 saturated carbocycles. The Hall–Kier alpha value is -2.91. The van der Waals surface area contributed by atoms with Gasteiger partial charge in [-0.15, -0.1) is 10.2 Å². The number of thioether (sulfide) groups is 1. The topological polar surface area (TPSA) is 81.1 Å². The Kier molecular flexibility index (Phi) is 6.62. The molecule has 0 aliphatic rings. The maximum atomic E-state index is 12.4. The molecular formula is C19H19N5O2S2. The Morgan fingerprint density at radius 1 is 1.14 bits per heavy atom. The van der Waals surface area contributed by atoms with E-state index in [2.05, 4.69) is 20.9 Å². The monoisotopic (exact) mass is 413 g/mol. The standard InChI is InChI=1S/C19H19N5O2S2/c1-13-21-22-19(28-2)24(13)23-18(27)20-17(25)15-8-10-16(11-9-15)26-12-14-6-4-3-5-7-14/h3-11H,12H2,1-2H3,(H2,20,23,25,27). The van der Waals surface area contributed by atoms with Crippen LogP contribution in [0.15, 0.2) is 59.8 Å². The summed E-state index contributed by atoms with van der Waals surface area (Å²) in [6.45, 7) is 2.26. The zero-order chi connectivity index (χ0) is 19.9. The van der Waals surface area contributed by atoms with E-state index >= 15 is 0 Å². The fourth-order valence-electron chi connectivity index (χ4n) is 2.35. The molecule has 1 amide bonds. The first-order valence-electron chi connectivity index (χ1n) is 8.42. The number of nitrogens with zero attached hydrogens (tertiary/aromatic N) is 3. The van der Waals surface area contributed by atoms with E-state index in [9.17, 15) is 4.79 Å². The molecule has 2 aromatic carbocycles. The largest absolute Gasteiger partial charge is 0.489 e. The zero-order valence-corrected chi connectivity index (χ0v) is 17.0. The number of nitrogens with one attached hydrogen (secondary N) is 2. The molecule has 9 heteroatoms. The van der Waals surface area contributed by atoms with Gasteiger partial charge in [-0.3, -0.25) is 15.5 Å². The molecule has 3 aromatic rings. The SMILES string of the molecule is CSc1nnc(C)n1NC(=S)NC(=O)c1ccc(OCc2ccccc2)cc1. The number of benzene rings is 2. The Balaban J connectivity index is 1.55. The highest BCUT2D eigenvalue weighted by Crippen LogP contribution is 2.14. The van der Waals surface area contributed by atoms with Crippen LogP contribution in [0.25, 0.3) is 0 Å². The molecule has 28 heavy (non-hydrogen) atoms. The molecule has 0 spiro atoms. The number of hydrogen-bond acceptors (Lipinski definition) is 6. The summed E-state index contributed by atoms with van der Waals surface area (Å²) in [6.07, 6.45) is 1.88. The van der Waals surface area contributed by atoms with Crippen LogP contribution in [0.3, 0.4) is 0 Å². The number of aryl methyl sites for hydroxylation is 1. The molecular weight excluding hydrogens is 394 g/mol. The van der Waals surface area contributed by atoms with Crippen molar-refractivity contribution in [2.45, 2.75) is 18.7 Å². The van der Waals surface area contributed by atoms with E-state index in [1.165, 1.54) is 11.8 Å². The van der Waals surface area contributed by atoms with Crippen LogP contribution in [0.2, 0.25) is 0 Å². The summed E-state index contributed by atoms with van der Waals surface area (Å²) in [5.41, 5.74) is 4.46. The number of rotatable bonds is 6. The molecule has 0 radical (unpaired) electrons. The molecule has 144 valence electrons. The van der Waals surface area contributed by atoms with Crippen molar-refractivity contribution < 1.29 is 9.53 Å². The second-order valence-corrected chi connectivity index (χ2v) is 6.94. The number of carbonyl (C=O) groups excluding carboxylic acids is 1. The van der Waals surface area contributed by atoms with E-state index in [1.807, 2.05) is 36.6 Å². The summed E-state index contributed by atoms with van der Waals surface area (Å²) in [7, 11) is 0. The minimum Gasteiger partial charge on any atom is -0.489 e. The lowest BCUT2D eigenvalue weighted by Crippen LogP contribution is -2.38. The van der Waals surface area contributed by atoms with Gasteiger partial charge in [0.2, 0.25) is 5.16 Å². The lowest BCUT2D eigenvalue weighted by molar-refractivity contribution is 0.0977. The predicted molar refractivity (Wildman–Crippen MR) is 113 cm³/mol. The number of amides is 1. The fourth-order valence-corrected chi connectivity index (χ4v) is 3.02. The molecule has 0 aliphatic heterocycles. The maximum Gasteiger partial charge on any atom is 0.257 e. The van der Waals surface area contributed by atoms with Crippen molar-refractivity contribution in [1.29, 1.82) is 0 Å². The van der Waals surface area contributed by atoms with Crippen molar-refractivity contribution in [3.63, 3.8) is 0 Å². The Morgan fingerprint density at radius 2 is 1.86 bits per heavy atom. The lowest BCUT2D eigenvalue weighted by atomic mass is 10.2.